The van der Waals surface area contributed by atoms with Crippen LogP contribution in [0.3, 0.4) is 0 Å². The minimum Gasteiger partial charge on any atom is -0.481 e. The zero-order valence-corrected chi connectivity index (χ0v) is 16.2. The number of amides is 3. The van der Waals surface area contributed by atoms with Gasteiger partial charge in [-0.05, 0) is 25.7 Å². The Kier molecular flexibility index (Phi) is 8.35. The number of likely N-dealkylation sites (tertiary alicyclic amines) is 1. The second-order valence-corrected chi connectivity index (χ2v) is 7.21. The molecule has 11 heteroatoms. The zero-order chi connectivity index (χ0) is 21.6. The molecule has 4 atom stereocenters. The van der Waals surface area contributed by atoms with E-state index >= 15 is 0 Å². The number of nitrogens with zero attached hydrogens (tertiary/aromatic N) is 1. The molecule has 0 aromatic heterocycles. The summed E-state index contributed by atoms with van der Waals surface area (Å²) in [6.45, 7) is 4.94. The van der Waals surface area contributed by atoms with E-state index in [9.17, 15) is 29.1 Å². The highest BCUT2D eigenvalue weighted by atomic mass is 16.4. The third kappa shape index (κ3) is 6.19. The number of nitrogens with two attached hydrogens (primary N) is 1. The van der Waals surface area contributed by atoms with Crippen molar-refractivity contribution in [2.24, 2.45) is 11.7 Å². The first kappa shape index (κ1) is 23.3. The molecule has 1 aliphatic heterocycles. The van der Waals surface area contributed by atoms with Gasteiger partial charge in [-0.2, -0.15) is 0 Å². The molecule has 0 saturated carbocycles. The van der Waals surface area contributed by atoms with Crippen LogP contribution in [0.15, 0.2) is 0 Å². The van der Waals surface area contributed by atoms with Crippen molar-refractivity contribution < 1.29 is 34.2 Å². The second-order valence-electron chi connectivity index (χ2n) is 7.21. The minimum atomic E-state index is -1.45. The van der Waals surface area contributed by atoms with Gasteiger partial charge in [0, 0.05) is 6.54 Å². The highest BCUT2D eigenvalue weighted by Crippen LogP contribution is 2.19. The number of aliphatic carboxylic acids is 2. The fourth-order valence-corrected chi connectivity index (χ4v) is 2.94. The van der Waals surface area contributed by atoms with Crippen LogP contribution < -0.4 is 16.4 Å². The number of carboxylic acids is 2. The number of carbonyl (C=O) groups is 5. The number of carboxylic acid groups (broad SMARTS) is 2. The van der Waals surface area contributed by atoms with Crippen LogP contribution >= 0.6 is 0 Å². The fourth-order valence-electron chi connectivity index (χ4n) is 2.94. The van der Waals surface area contributed by atoms with Crippen molar-refractivity contribution in [3.05, 3.63) is 0 Å². The van der Waals surface area contributed by atoms with Gasteiger partial charge in [0.15, 0.2) is 0 Å². The van der Waals surface area contributed by atoms with Crippen molar-refractivity contribution in [3.63, 3.8) is 0 Å². The van der Waals surface area contributed by atoms with Crippen molar-refractivity contribution in [2.45, 2.75) is 64.2 Å². The fraction of sp³-hybridized carbons (Fsp3) is 0.706. The van der Waals surface area contributed by atoms with E-state index in [4.69, 9.17) is 10.8 Å². The number of carbonyl (C=O) groups excluding carboxylic acids is 3. The summed E-state index contributed by atoms with van der Waals surface area (Å²) in [5, 5.41) is 23.2. The maximum Gasteiger partial charge on any atom is 0.326 e. The van der Waals surface area contributed by atoms with E-state index in [-0.39, 0.29) is 18.9 Å². The molecule has 0 radical (unpaired) electrons. The number of hydrogen-bond donors (Lipinski definition) is 5. The molecule has 158 valence electrons. The predicted molar refractivity (Wildman–Crippen MR) is 97.0 cm³/mol. The van der Waals surface area contributed by atoms with Crippen LogP contribution in [0.2, 0.25) is 0 Å². The maximum atomic E-state index is 12.7. The van der Waals surface area contributed by atoms with Gasteiger partial charge in [-0.15, -0.1) is 0 Å². The largest absolute Gasteiger partial charge is 0.481 e. The molecule has 1 aliphatic rings. The summed E-state index contributed by atoms with van der Waals surface area (Å²) in [6, 6.07) is -4.39. The van der Waals surface area contributed by atoms with Crippen molar-refractivity contribution in [1.29, 1.82) is 0 Å². The lowest BCUT2D eigenvalue weighted by Crippen LogP contribution is -2.58. The summed E-state index contributed by atoms with van der Waals surface area (Å²) in [7, 11) is 0. The van der Waals surface area contributed by atoms with E-state index < -0.39 is 60.2 Å². The maximum absolute atomic E-state index is 12.7. The third-order valence-electron chi connectivity index (χ3n) is 4.47. The Morgan fingerprint density at radius 3 is 2.14 bits per heavy atom. The van der Waals surface area contributed by atoms with Gasteiger partial charge in [-0.3, -0.25) is 19.2 Å². The minimum absolute atomic E-state index is 0.164. The molecule has 11 nitrogen and oxygen atoms in total. The summed E-state index contributed by atoms with van der Waals surface area (Å²) >= 11 is 0. The lowest BCUT2D eigenvalue weighted by atomic mass is 10.0. The summed E-state index contributed by atoms with van der Waals surface area (Å²) in [5.41, 5.74) is 5.49. The highest BCUT2D eigenvalue weighted by Gasteiger charge is 2.39. The Bertz CT molecular complexity index is 635. The molecule has 3 amide bonds. The first-order valence-electron chi connectivity index (χ1n) is 9.07. The summed E-state index contributed by atoms with van der Waals surface area (Å²) < 4.78 is 0. The zero-order valence-electron chi connectivity index (χ0n) is 16.2. The van der Waals surface area contributed by atoms with Gasteiger partial charge in [0.25, 0.3) is 0 Å². The molecule has 1 rings (SSSR count). The van der Waals surface area contributed by atoms with Crippen molar-refractivity contribution in [1.82, 2.24) is 15.5 Å². The van der Waals surface area contributed by atoms with Crippen LogP contribution in [-0.4, -0.2) is 75.5 Å². The first-order chi connectivity index (χ1) is 13.0. The lowest BCUT2D eigenvalue weighted by molar-refractivity contribution is -0.150. The number of rotatable bonds is 9. The van der Waals surface area contributed by atoms with Crippen LogP contribution in [0.4, 0.5) is 0 Å². The van der Waals surface area contributed by atoms with Gasteiger partial charge in [0.2, 0.25) is 17.7 Å². The third-order valence-corrected chi connectivity index (χ3v) is 4.47. The topological polar surface area (TPSA) is 179 Å². The molecule has 0 spiro atoms. The second kappa shape index (κ2) is 10.0. The van der Waals surface area contributed by atoms with Crippen LogP contribution in [-0.2, 0) is 24.0 Å². The molecule has 0 bridgehead atoms. The van der Waals surface area contributed by atoms with Crippen LogP contribution in [0.25, 0.3) is 0 Å². The van der Waals surface area contributed by atoms with Gasteiger partial charge in [0.05, 0.1) is 12.5 Å². The number of hydrogen-bond acceptors (Lipinski definition) is 6. The van der Waals surface area contributed by atoms with Crippen LogP contribution in [0.5, 0.6) is 0 Å². The normalized spacial score (nSPS) is 19.6. The Morgan fingerprint density at radius 2 is 1.68 bits per heavy atom. The molecule has 1 saturated heterocycles. The first-order valence-corrected chi connectivity index (χ1v) is 9.07. The summed E-state index contributed by atoms with van der Waals surface area (Å²) in [4.78, 5) is 60.7. The van der Waals surface area contributed by atoms with Gasteiger partial charge >= 0.3 is 11.9 Å². The average molecular weight is 400 g/mol. The van der Waals surface area contributed by atoms with E-state index in [0.717, 1.165) is 4.90 Å². The van der Waals surface area contributed by atoms with Crippen LogP contribution in [0, 0.1) is 5.92 Å². The SMILES string of the molecule is CC(C)[C@H](NC(=O)[C@H](C)N)C(=O)N[C@@H](CC(=O)O)C(=O)N1CCC[C@H]1C(=O)O. The van der Waals surface area contributed by atoms with Crippen LogP contribution in [0.1, 0.15) is 40.0 Å². The van der Waals surface area contributed by atoms with Crippen molar-refractivity contribution >= 4 is 29.7 Å². The summed E-state index contributed by atoms with van der Waals surface area (Å²) in [6.07, 6.45) is 0.0167. The average Bonchev–Trinajstić information content (AvgIpc) is 3.07. The lowest BCUT2D eigenvalue weighted by Gasteiger charge is -2.29. The molecule has 0 aromatic carbocycles. The van der Waals surface area contributed by atoms with E-state index in [0.29, 0.717) is 6.42 Å². The van der Waals surface area contributed by atoms with Crippen molar-refractivity contribution in [3.8, 4) is 0 Å². The molecule has 28 heavy (non-hydrogen) atoms. The Hall–Kier alpha value is -2.69. The molecule has 0 unspecified atom stereocenters. The molecular weight excluding hydrogens is 372 g/mol. The Morgan fingerprint density at radius 1 is 1.07 bits per heavy atom. The van der Waals surface area contributed by atoms with Gasteiger partial charge in [-0.25, -0.2) is 4.79 Å². The molecule has 1 heterocycles. The van der Waals surface area contributed by atoms with Gasteiger partial charge in [0.1, 0.15) is 18.1 Å². The molecule has 6 N–H and O–H groups in total. The Labute approximate surface area is 162 Å². The Balaban J connectivity index is 2.98. The quantitative estimate of drug-likeness (QED) is 0.310. The monoisotopic (exact) mass is 400 g/mol. The standard InChI is InChI=1S/C17H28N4O7/c1-8(2)13(20-14(24)9(3)18)15(25)19-10(7-12(22)23)16(26)21-6-4-5-11(21)17(27)28/h8-11,13H,4-7,18H2,1-3H3,(H,19,25)(H,20,24)(H,22,23)(H,27,28)/t9-,10-,11-,13-/m0/s1. The smallest absolute Gasteiger partial charge is 0.326 e. The number of nitrogens with one attached hydrogen (secondary N) is 2. The van der Waals surface area contributed by atoms with E-state index in [1.54, 1.807) is 13.8 Å². The van der Waals surface area contributed by atoms with E-state index in [1.165, 1.54) is 6.92 Å². The van der Waals surface area contributed by atoms with E-state index in [2.05, 4.69) is 10.6 Å². The van der Waals surface area contributed by atoms with E-state index in [1.807, 2.05) is 0 Å². The summed E-state index contributed by atoms with van der Waals surface area (Å²) in [5.74, 6) is -4.96. The predicted octanol–water partition coefficient (Wildman–Crippen LogP) is -1.49. The van der Waals surface area contributed by atoms with Gasteiger partial charge < -0.3 is 31.5 Å². The van der Waals surface area contributed by atoms with Gasteiger partial charge in [-0.1, -0.05) is 13.8 Å². The highest BCUT2D eigenvalue weighted by molar-refractivity contribution is 5.95. The molecule has 1 fully saturated rings. The molecule has 0 aliphatic carbocycles. The van der Waals surface area contributed by atoms with Crippen molar-refractivity contribution in [2.75, 3.05) is 6.54 Å². The molecule has 0 aromatic rings. The molecular formula is C17H28N4O7.